The van der Waals surface area contributed by atoms with Crippen molar-refractivity contribution >= 4 is 5.69 Å². The van der Waals surface area contributed by atoms with Gasteiger partial charge in [-0.25, -0.2) is 0 Å². The molecule has 0 spiro atoms. The second kappa shape index (κ2) is 16.4. The smallest absolute Gasteiger partial charge is 0.258 e. The highest BCUT2D eigenvalue weighted by atomic mass is 16.6. The van der Waals surface area contributed by atoms with Gasteiger partial charge in [0, 0.05) is 24.1 Å². The Morgan fingerprint density at radius 1 is 0.815 bits per heavy atom. The minimum absolute atomic E-state index is 0.110. The van der Waals surface area contributed by atoms with Gasteiger partial charge in [-0.15, -0.1) is 0 Å². The maximum Gasteiger partial charge on any atom is 0.270 e. The molecule has 0 unspecified atom stereocenters. The van der Waals surface area contributed by atoms with Gasteiger partial charge < -0.3 is 0 Å². The van der Waals surface area contributed by atoms with Crippen LogP contribution in [-0.2, 0) is 0 Å². The number of non-ortho nitro benzene ring substituents is 1. The lowest BCUT2D eigenvalue weighted by molar-refractivity contribution is -0.384. The van der Waals surface area contributed by atoms with E-state index in [0.717, 1.165) is 18.4 Å². The van der Waals surface area contributed by atoms with E-state index >= 15 is 0 Å². The van der Waals surface area contributed by atoms with Gasteiger partial charge in [0.2, 0.25) is 0 Å². The molecule has 1 aromatic rings. The Labute approximate surface area is 166 Å². The second-order valence-electron chi connectivity index (χ2n) is 7.46. The van der Waals surface area contributed by atoms with Crippen LogP contribution in [0.4, 0.5) is 5.69 Å². The zero-order chi connectivity index (χ0) is 19.6. The van der Waals surface area contributed by atoms with Crippen LogP contribution in [0.1, 0.15) is 109 Å². The molecular formula is C24H37NO2. The molecule has 0 radical (unpaired) electrons. The predicted molar refractivity (Wildman–Crippen MR) is 115 cm³/mol. The van der Waals surface area contributed by atoms with E-state index in [1.165, 1.54) is 95.6 Å². The van der Waals surface area contributed by atoms with Gasteiger partial charge in [0.05, 0.1) is 4.92 Å². The van der Waals surface area contributed by atoms with Crippen LogP contribution in [0.25, 0.3) is 0 Å². The lowest BCUT2D eigenvalue weighted by Crippen LogP contribution is -1.87. The highest BCUT2D eigenvalue weighted by molar-refractivity contribution is 5.42. The summed E-state index contributed by atoms with van der Waals surface area (Å²) in [6.07, 6.45) is 19.9. The molecule has 0 heterocycles. The summed E-state index contributed by atoms with van der Waals surface area (Å²) in [4.78, 5) is 10.4. The standard InChI is InChI=1S/C24H37NO2/c1-2-3-4-5-6-7-8-9-10-11-12-13-14-15-16-17-19-23-20-18-21-24(22-23)25(26)27/h18,20-22H,2-16H2,1H3. The van der Waals surface area contributed by atoms with E-state index in [0.29, 0.717) is 0 Å². The minimum Gasteiger partial charge on any atom is -0.258 e. The lowest BCUT2D eigenvalue weighted by Gasteiger charge is -2.02. The van der Waals surface area contributed by atoms with Gasteiger partial charge in [-0.1, -0.05) is 108 Å². The van der Waals surface area contributed by atoms with Crippen molar-refractivity contribution in [3.05, 3.63) is 39.9 Å². The summed E-state index contributed by atoms with van der Waals surface area (Å²) >= 11 is 0. The maximum absolute atomic E-state index is 10.7. The quantitative estimate of drug-likeness (QED) is 0.136. The zero-order valence-corrected chi connectivity index (χ0v) is 17.2. The third-order valence-electron chi connectivity index (χ3n) is 4.95. The first-order chi connectivity index (χ1) is 13.2. The highest BCUT2D eigenvalue weighted by Crippen LogP contribution is 2.14. The number of hydrogen-bond donors (Lipinski definition) is 0. The Morgan fingerprint density at radius 3 is 1.85 bits per heavy atom. The first kappa shape index (κ1) is 23.2. The van der Waals surface area contributed by atoms with Crippen molar-refractivity contribution in [3.63, 3.8) is 0 Å². The molecule has 0 N–H and O–H groups in total. The highest BCUT2D eigenvalue weighted by Gasteiger charge is 2.03. The fraction of sp³-hybridized carbons (Fsp3) is 0.667. The van der Waals surface area contributed by atoms with Crippen LogP contribution < -0.4 is 0 Å². The third kappa shape index (κ3) is 13.1. The van der Waals surface area contributed by atoms with Crippen molar-refractivity contribution in [2.45, 2.75) is 103 Å². The fourth-order valence-corrected chi connectivity index (χ4v) is 3.27. The Bertz CT molecular complexity index is 571. The molecule has 0 fully saturated rings. The molecule has 1 rings (SSSR count). The number of rotatable bonds is 15. The number of nitrogens with zero attached hydrogens (tertiary/aromatic N) is 1. The van der Waals surface area contributed by atoms with Crippen molar-refractivity contribution in [1.29, 1.82) is 0 Å². The SMILES string of the molecule is CCCCCCCCCCCCCCCCC#Cc1cccc([N+](=O)[O-])c1. The largest absolute Gasteiger partial charge is 0.270 e. The molecule has 0 amide bonds. The molecule has 0 aliphatic rings. The molecule has 0 saturated carbocycles. The molecule has 0 bridgehead atoms. The van der Waals surface area contributed by atoms with Crippen LogP contribution in [0.5, 0.6) is 0 Å². The zero-order valence-electron chi connectivity index (χ0n) is 17.2. The molecule has 3 nitrogen and oxygen atoms in total. The minimum atomic E-state index is -0.376. The Hall–Kier alpha value is -1.82. The molecule has 0 saturated heterocycles. The summed E-state index contributed by atoms with van der Waals surface area (Å²) in [5.41, 5.74) is 0.841. The van der Waals surface area contributed by atoms with E-state index < -0.39 is 0 Å². The summed E-state index contributed by atoms with van der Waals surface area (Å²) < 4.78 is 0. The first-order valence-electron chi connectivity index (χ1n) is 11.0. The molecule has 27 heavy (non-hydrogen) atoms. The van der Waals surface area contributed by atoms with Gasteiger partial charge in [-0.2, -0.15) is 0 Å². The van der Waals surface area contributed by atoms with Gasteiger partial charge in [0.25, 0.3) is 5.69 Å². The maximum atomic E-state index is 10.7. The van der Waals surface area contributed by atoms with Gasteiger partial charge in [-0.3, -0.25) is 10.1 Å². The van der Waals surface area contributed by atoms with E-state index in [1.807, 2.05) is 6.07 Å². The molecule has 1 aromatic carbocycles. The third-order valence-corrected chi connectivity index (χ3v) is 4.95. The molecular weight excluding hydrogens is 334 g/mol. The summed E-state index contributed by atoms with van der Waals surface area (Å²) in [5.74, 6) is 6.17. The van der Waals surface area contributed by atoms with Crippen LogP contribution in [0.2, 0.25) is 0 Å². The molecule has 3 heteroatoms. The monoisotopic (exact) mass is 371 g/mol. The number of benzene rings is 1. The van der Waals surface area contributed by atoms with Gasteiger partial charge in [0.1, 0.15) is 0 Å². The van der Waals surface area contributed by atoms with Crippen molar-refractivity contribution in [2.75, 3.05) is 0 Å². The number of hydrogen-bond acceptors (Lipinski definition) is 2. The normalized spacial score (nSPS) is 10.4. The number of unbranched alkanes of at least 4 members (excludes halogenated alkanes) is 14. The first-order valence-corrected chi connectivity index (χ1v) is 11.0. The van der Waals surface area contributed by atoms with Gasteiger partial charge in [-0.05, 0) is 12.5 Å². The van der Waals surface area contributed by atoms with E-state index in [9.17, 15) is 10.1 Å². The molecule has 0 aliphatic heterocycles. The molecule has 0 aromatic heterocycles. The lowest BCUT2D eigenvalue weighted by atomic mass is 10.0. The average Bonchev–Trinajstić information content (AvgIpc) is 2.68. The fourth-order valence-electron chi connectivity index (χ4n) is 3.27. The molecule has 0 atom stereocenters. The van der Waals surface area contributed by atoms with Crippen LogP contribution in [-0.4, -0.2) is 4.92 Å². The Kier molecular flexibility index (Phi) is 14.1. The topological polar surface area (TPSA) is 43.1 Å². The van der Waals surface area contributed by atoms with Crippen molar-refractivity contribution in [2.24, 2.45) is 0 Å². The average molecular weight is 372 g/mol. The summed E-state index contributed by atoms with van der Waals surface area (Å²) in [5, 5.41) is 10.7. The van der Waals surface area contributed by atoms with Crippen LogP contribution in [0, 0.1) is 22.0 Å². The van der Waals surface area contributed by atoms with Crippen LogP contribution >= 0.6 is 0 Å². The molecule has 150 valence electrons. The van der Waals surface area contributed by atoms with Crippen LogP contribution in [0.3, 0.4) is 0 Å². The van der Waals surface area contributed by atoms with E-state index in [4.69, 9.17) is 0 Å². The molecule has 0 aliphatic carbocycles. The van der Waals surface area contributed by atoms with Crippen LogP contribution in [0.15, 0.2) is 24.3 Å². The van der Waals surface area contributed by atoms with E-state index in [1.54, 1.807) is 6.07 Å². The predicted octanol–water partition coefficient (Wildman–Crippen LogP) is 7.82. The summed E-state index contributed by atoms with van der Waals surface area (Å²) in [7, 11) is 0. The Morgan fingerprint density at radius 2 is 1.33 bits per heavy atom. The van der Waals surface area contributed by atoms with Crippen molar-refractivity contribution in [1.82, 2.24) is 0 Å². The van der Waals surface area contributed by atoms with E-state index in [2.05, 4.69) is 18.8 Å². The van der Waals surface area contributed by atoms with Gasteiger partial charge >= 0.3 is 0 Å². The van der Waals surface area contributed by atoms with Crippen molar-refractivity contribution < 1.29 is 4.92 Å². The summed E-state index contributed by atoms with van der Waals surface area (Å²) in [6.45, 7) is 2.27. The second-order valence-corrected chi connectivity index (χ2v) is 7.46. The summed E-state index contributed by atoms with van der Waals surface area (Å²) in [6, 6.07) is 6.55. The number of nitro benzene ring substituents is 1. The van der Waals surface area contributed by atoms with Gasteiger partial charge in [0.15, 0.2) is 0 Å². The Balaban J connectivity index is 1.91. The van der Waals surface area contributed by atoms with E-state index in [-0.39, 0.29) is 10.6 Å². The number of nitro groups is 1. The van der Waals surface area contributed by atoms with Crippen molar-refractivity contribution in [3.8, 4) is 11.8 Å².